The Bertz CT molecular complexity index is 414. The van der Waals surface area contributed by atoms with E-state index in [0.29, 0.717) is 0 Å². The van der Waals surface area contributed by atoms with Gasteiger partial charge < -0.3 is 0 Å². The summed E-state index contributed by atoms with van der Waals surface area (Å²) in [6.07, 6.45) is 18.4. The molecular weight excluding hydrogens is 259 g/mol. The maximum absolute atomic E-state index is 2.74. The second kappa shape index (κ2) is 8.26. The maximum Gasteiger partial charge on any atom is 1.00 e. The van der Waals surface area contributed by atoms with Crippen molar-refractivity contribution in [1.82, 2.24) is 0 Å². The first kappa shape index (κ1) is 18.4. The quantitative estimate of drug-likeness (QED) is 0.649. The van der Waals surface area contributed by atoms with Crippen molar-refractivity contribution in [3.63, 3.8) is 0 Å². The van der Waals surface area contributed by atoms with E-state index in [-0.39, 0.29) is 18.9 Å². The molecule has 0 aromatic heterocycles. The first-order valence-corrected chi connectivity index (χ1v) is 9.66. The topological polar surface area (TPSA) is 0 Å². The van der Waals surface area contributed by atoms with E-state index in [1.807, 2.05) is 0 Å². The van der Waals surface area contributed by atoms with E-state index < -0.39 is 0 Å². The Morgan fingerprint density at radius 3 is 2.18 bits per heavy atom. The van der Waals surface area contributed by atoms with Gasteiger partial charge in [-0.15, -0.1) is 0 Å². The zero-order valence-corrected chi connectivity index (χ0v) is 15.4. The summed E-state index contributed by atoms with van der Waals surface area (Å²) in [6, 6.07) is 0. The summed E-state index contributed by atoms with van der Waals surface area (Å²) >= 11 is 0. The monoisotopic (exact) mass is 293 g/mol. The van der Waals surface area contributed by atoms with Crippen molar-refractivity contribution in [2.75, 3.05) is 0 Å². The van der Waals surface area contributed by atoms with Gasteiger partial charge in [0.2, 0.25) is 0 Å². The van der Waals surface area contributed by atoms with E-state index in [1.165, 1.54) is 57.8 Å². The predicted molar refractivity (Wildman–Crippen MR) is 92.2 cm³/mol. The fourth-order valence-corrected chi connectivity index (χ4v) is 5.61. The van der Waals surface area contributed by atoms with Crippen LogP contribution in [0.3, 0.4) is 0 Å². The Balaban J connectivity index is 0.000000411. The average molecular weight is 293 g/mol. The molecule has 3 fully saturated rings. The molecule has 3 saturated carbocycles. The smallest absolute Gasteiger partial charge is 0.0773 e. The van der Waals surface area contributed by atoms with Crippen molar-refractivity contribution in [3.05, 3.63) is 23.3 Å². The Hall–Kier alpha value is 0.0774. The van der Waals surface area contributed by atoms with Crippen LogP contribution in [0.1, 0.15) is 78.6 Å². The van der Waals surface area contributed by atoms with Gasteiger partial charge in [0.1, 0.15) is 0 Å². The minimum absolute atomic E-state index is 0. The van der Waals surface area contributed by atoms with Crippen LogP contribution in [0.2, 0.25) is 0 Å². The van der Waals surface area contributed by atoms with E-state index in [4.69, 9.17) is 0 Å². The van der Waals surface area contributed by atoms with Gasteiger partial charge in [-0.25, -0.2) is 0 Å². The fourth-order valence-electron chi connectivity index (χ4n) is 5.61. The van der Waals surface area contributed by atoms with Gasteiger partial charge >= 0.3 is 18.9 Å². The van der Waals surface area contributed by atoms with Crippen molar-refractivity contribution in [2.24, 2.45) is 29.6 Å². The van der Waals surface area contributed by atoms with Crippen LogP contribution in [0, 0.1) is 29.6 Å². The third-order valence-corrected chi connectivity index (χ3v) is 6.30. The molecule has 0 radical (unpaired) electrons. The van der Waals surface area contributed by atoms with Gasteiger partial charge in [0.25, 0.3) is 0 Å². The third kappa shape index (κ3) is 3.60. The standard InChI is InChI=1S/C18H26.C3H8.Li/c1-12-9-16-10-14-7-4-8-15(14)11-17(16)18(12)13-5-2-3-6-13;1-3-2;/h10-13,16-18H,2-9H2,1H3;3H2,1-2H3;/q;;+1. The average Bonchev–Trinajstić information content (AvgIpc) is 3.14. The van der Waals surface area contributed by atoms with Crippen molar-refractivity contribution in [2.45, 2.75) is 78.6 Å². The van der Waals surface area contributed by atoms with Crippen LogP contribution in [-0.2, 0) is 0 Å². The predicted octanol–water partition coefficient (Wildman–Crippen LogP) is 3.54. The van der Waals surface area contributed by atoms with Gasteiger partial charge in [-0.05, 0) is 66.4 Å². The molecule has 0 aromatic carbocycles. The Labute approximate surface area is 150 Å². The molecule has 4 atom stereocenters. The largest absolute Gasteiger partial charge is 1.00 e. The molecule has 4 aliphatic rings. The van der Waals surface area contributed by atoms with Crippen molar-refractivity contribution in [1.29, 1.82) is 0 Å². The first-order valence-electron chi connectivity index (χ1n) is 9.66. The SMILES string of the molecule is CC1CC2C=C3CCCC3=CC2C1C1CCCC1.CCC.[Li+]. The summed E-state index contributed by atoms with van der Waals surface area (Å²) in [6.45, 7) is 6.79. The second-order valence-corrected chi connectivity index (χ2v) is 8.02. The molecule has 0 N–H and O–H groups in total. The summed E-state index contributed by atoms with van der Waals surface area (Å²) in [7, 11) is 0. The van der Waals surface area contributed by atoms with Crippen molar-refractivity contribution in [3.8, 4) is 0 Å². The molecule has 118 valence electrons. The Morgan fingerprint density at radius 2 is 1.55 bits per heavy atom. The molecule has 0 nitrogen and oxygen atoms in total. The molecule has 0 bridgehead atoms. The molecular formula is C21H34Li+. The summed E-state index contributed by atoms with van der Waals surface area (Å²) in [5.41, 5.74) is 3.48. The van der Waals surface area contributed by atoms with Gasteiger partial charge in [0.15, 0.2) is 0 Å². The van der Waals surface area contributed by atoms with Crippen LogP contribution in [-0.4, -0.2) is 0 Å². The van der Waals surface area contributed by atoms with Crippen LogP contribution < -0.4 is 18.9 Å². The van der Waals surface area contributed by atoms with Gasteiger partial charge in [-0.2, -0.15) is 0 Å². The number of allylic oxidation sites excluding steroid dienone is 4. The van der Waals surface area contributed by atoms with Gasteiger partial charge in [0, 0.05) is 0 Å². The molecule has 0 aromatic rings. The third-order valence-electron chi connectivity index (χ3n) is 6.30. The van der Waals surface area contributed by atoms with E-state index in [9.17, 15) is 0 Å². The molecule has 0 spiro atoms. The summed E-state index contributed by atoms with van der Waals surface area (Å²) in [5.74, 6) is 4.87. The Morgan fingerprint density at radius 1 is 0.955 bits per heavy atom. The summed E-state index contributed by atoms with van der Waals surface area (Å²) in [4.78, 5) is 0. The molecule has 1 heteroatoms. The summed E-state index contributed by atoms with van der Waals surface area (Å²) in [5, 5.41) is 0. The molecule has 0 aliphatic heterocycles. The zero-order valence-electron chi connectivity index (χ0n) is 15.4. The second-order valence-electron chi connectivity index (χ2n) is 8.02. The van der Waals surface area contributed by atoms with Crippen molar-refractivity contribution >= 4 is 0 Å². The minimum Gasteiger partial charge on any atom is -0.0773 e. The van der Waals surface area contributed by atoms with E-state index in [0.717, 1.165) is 29.6 Å². The van der Waals surface area contributed by atoms with Gasteiger partial charge in [0.05, 0.1) is 0 Å². The molecule has 4 aliphatic carbocycles. The van der Waals surface area contributed by atoms with E-state index >= 15 is 0 Å². The molecule has 0 amide bonds. The van der Waals surface area contributed by atoms with Crippen molar-refractivity contribution < 1.29 is 18.9 Å². The number of fused-ring (bicyclic) bond motifs is 2. The molecule has 0 heterocycles. The van der Waals surface area contributed by atoms with Crippen LogP contribution in [0.15, 0.2) is 23.3 Å². The van der Waals surface area contributed by atoms with E-state index in [1.54, 1.807) is 11.1 Å². The molecule has 0 saturated heterocycles. The first-order chi connectivity index (χ1) is 10.2. The normalized spacial score (nSPS) is 36.5. The van der Waals surface area contributed by atoms with Gasteiger partial charge in [-0.3, -0.25) is 0 Å². The molecule has 22 heavy (non-hydrogen) atoms. The van der Waals surface area contributed by atoms with Crippen LogP contribution >= 0.6 is 0 Å². The zero-order chi connectivity index (χ0) is 14.8. The molecule has 4 unspecified atom stereocenters. The summed E-state index contributed by atoms with van der Waals surface area (Å²) < 4.78 is 0. The Kier molecular flexibility index (Phi) is 6.91. The number of rotatable bonds is 1. The maximum atomic E-state index is 2.74. The van der Waals surface area contributed by atoms with Gasteiger partial charge in [-0.1, -0.05) is 65.0 Å². The minimum atomic E-state index is 0. The van der Waals surface area contributed by atoms with Crippen LogP contribution in [0.4, 0.5) is 0 Å². The number of hydrogen-bond acceptors (Lipinski definition) is 0. The fraction of sp³-hybridized carbons (Fsp3) is 0.810. The van der Waals surface area contributed by atoms with Crippen LogP contribution in [0.25, 0.3) is 0 Å². The number of hydrogen-bond donors (Lipinski definition) is 0. The van der Waals surface area contributed by atoms with E-state index in [2.05, 4.69) is 32.9 Å². The van der Waals surface area contributed by atoms with Crippen LogP contribution in [0.5, 0.6) is 0 Å². The molecule has 4 rings (SSSR count).